The number of likely N-dealkylation sites (N-methyl/N-ethyl adjacent to an activating group) is 1. The SMILES string of the molecule is CN1CCCC1CNC(=O)c1c(F)ccc([N+](=O)[O-])c1F. The van der Waals surface area contributed by atoms with Crippen molar-refractivity contribution in [3.63, 3.8) is 0 Å². The van der Waals surface area contributed by atoms with E-state index in [1.54, 1.807) is 0 Å². The van der Waals surface area contributed by atoms with Gasteiger partial charge in [-0.25, -0.2) is 4.39 Å². The maximum absolute atomic E-state index is 13.9. The molecule has 0 aromatic heterocycles. The van der Waals surface area contributed by atoms with Crippen LogP contribution in [0.25, 0.3) is 0 Å². The first-order valence-corrected chi connectivity index (χ1v) is 6.52. The molecule has 1 amide bonds. The zero-order valence-corrected chi connectivity index (χ0v) is 11.4. The monoisotopic (exact) mass is 299 g/mol. The number of likely N-dealkylation sites (tertiary alicyclic amines) is 1. The summed E-state index contributed by atoms with van der Waals surface area (Å²) in [7, 11) is 1.90. The van der Waals surface area contributed by atoms with Crippen LogP contribution in [0.1, 0.15) is 23.2 Å². The van der Waals surface area contributed by atoms with Gasteiger partial charge in [-0.2, -0.15) is 4.39 Å². The van der Waals surface area contributed by atoms with Crippen LogP contribution in [-0.4, -0.2) is 41.9 Å². The van der Waals surface area contributed by atoms with E-state index >= 15 is 0 Å². The molecule has 1 heterocycles. The van der Waals surface area contributed by atoms with E-state index in [0.717, 1.165) is 25.5 Å². The van der Waals surface area contributed by atoms with E-state index in [2.05, 4.69) is 5.32 Å². The van der Waals surface area contributed by atoms with Crippen LogP contribution < -0.4 is 5.32 Å². The van der Waals surface area contributed by atoms with Gasteiger partial charge in [0.2, 0.25) is 5.82 Å². The van der Waals surface area contributed by atoms with Crippen LogP contribution in [0.3, 0.4) is 0 Å². The third-order valence-electron chi connectivity index (χ3n) is 3.66. The van der Waals surface area contributed by atoms with E-state index in [1.165, 1.54) is 0 Å². The highest BCUT2D eigenvalue weighted by Gasteiger charge is 2.27. The molecule has 6 nitrogen and oxygen atoms in total. The first-order valence-electron chi connectivity index (χ1n) is 6.52. The van der Waals surface area contributed by atoms with Crippen LogP contribution in [0.2, 0.25) is 0 Å². The van der Waals surface area contributed by atoms with Crippen molar-refractivity contribution in [2.45, 2.75) is 18.9 Å². The van der Waals surface area contributed by atoms with Gasteiger partial charge in [-0.3, -0.25) is 14.9 Å². The minimum Gasteiger partial charge on any atom is -0.350 e. The van der Waals surface area contributed by atoms with E-state index in [4.69, 9.17) is 0 Å². The molecule has 2 rings (SSSR count). The number of benzene rings is 1. The number of rotatable bonds is 4. The summed E-state index contributed by atoms with van der Waals surface area (Å²) in [6.45, 7) is 1.15. The molecule has 1 N–H and O–H groups in total. The number of carbonyl (C=O) groups excluding carboxylic acids is 1. The molecule has 0 spiro atoms. The van der Waals surface area contributed by atoms with E-state index in [1.807, 2.05) is 11.9 Å². The van der Waals surface area contributed by atoms with E-state index in [-0.39, 0.29) is 12.6 Å². The summed E-state index contributed by atoms with van der Waals surface area (Å²) in [5.41, 5.74) is -1.83. The smallest absolute Gasteiger partial charge is 0.305 e. The van der Waals surface area contributed by atoms with Crippen LogP contribution in [0.15, 0.2) is 12.1 Å². The Morgan fingerprint density at radius 3 is 2.81 bits per heavy atom. The second-order valence-corrected chi connectivity index (χ2v) is 5.00. The van der Waals surface area contributed by atoms with Gasteiger partial charge in [0.25, 0.3) is 5.91 Å². The Morgan fingerprint density at radius 2 is 2.24 bits per heavy atom. The van der Waals surface area contributed by atoms with E-state index in [0.29, 0.717) is 6.07 Å². The Kier molecular flexibility index (Phi) is 4.46. The Labute approximate surface area is 119 Å². The lowest BCUT2D eigenvalue weighted by Crippen LogP contribution is -2.38. The predicted octanol–water partition coefficient (Wildman–Crippen LogP) is 1.70. The summed E-state index contributed by atoms with van der Waals surface area (Å²) in [6.07, 6.45) is 1.88. The Balaban J connectivity index is 2.15. The molecule has 1 aliphatic rings. The largest absolute Gasteiger partial charge is 0.350 e. The normalized spacial score (nSPS) is 18.7. The summed E-state index contributed by atoms with van der Waals surface area (Å²) in [5, 5.41) is 13.1. The Hall–Kier alpha value is -2.09. The fraction of sp³-hybridized carbons (Fsp3) is 0.462. The molecule has 8 heteroatoms. The number of nitrogens with zero attached hydrogens (tertiary/aromatic N) is 2. The number of hydrogen-bond donors (Lipinski definition) is 1. The number of nitrogens with one attached hydrogen (secondary N) is 1. The summed E-state index contributed by atoms with van der Waals surface area (Å²) in [6, 6.07) is 1.53. The zero-order valence-electron chi connectivity index (χ0n) is 11.4. The number of nitro groups is 1. The average molecular weight is 299 g/mol. The molecule has 0 saturated carbocycles. The second-order valence-electron chi connectivity index (χ2n) is 5.00. The summed E-state index contributed by atoms with van der Waals surface area (Å²) in [4.78, 5) is 23.6. The maximum Gasteiger partial charge on any atom is 0.305 e. The fourth-order valence-corrected chi connectivity index (χ4v) is 2.43. The summed E-state index contributed by atoms with van der Waals surface area (Å²) >= 11 is 0. The fourth-order valence-electron chi connectivity index (χ4n) is 2.43. The van der Waals surface area contributed by atoms with Crippen LogP contribution in [0.5, 0.6) is 0 Å². The van der Waals surface area contributed by atoms with Crippen molar-refractivity contribution in [2.24, 2.45) is 0 Å². The lowest BCUT2D eigenvalue weighted by Gasteiger charge is -2.19. The molecule has 0 bridgehead atoms. The second kappa shape index (κ2) is 6.13. The zero-order chi connectivity index (χ0) is 15.6. The van der Waals surface area contributed by atoms with Gasteiger partial charge in [0, 0.05) is 18.7 Å². The first kappa shape index (κ1) is 15.3. The molecule has 0 radical (unpaired) electrons. The van der Waals surface area contributed by atoms with Gasteiger partial charge in [-0.05, 0) is 32.5 Å². The maximum atomic E-state index is 13.9. The molecule has 1 aromatic carbocycles. The van der Waals surface area contributed by atoms with Gasteiger partial charge in [0.05, 0.1) is 4.92 Å². The lowest BCUT2D eigenvalue weighted by atomic mass is 10.1. The van der Waals surface area contributed by atoms with E-state index in [9.17, 15) is 23.7 Å². The molecular weight excluding hydrogens is 284 g/mol. The van der Waals surface area contributed by atoms with Crippen molar-refractivity contribution in [1.29, 1.82) is 0 Å². The standard InChI is InChI=1S/C13H15F2N3O3/c1-17-6-2-3-8(17)7-16-13(19)11-9(14)4-5-10(12(11)15)18(20)21/h4-5,8H,2-3,6-7H2,1H3,(H,16,19). The van der Waals surface area contributed by atoms with Gasteiger partial charge in [-0.1, -0.05) is 0 Å². The third kappa shape index (κ3) is 3.15. The van der Waals surface area contributed by atoms with Crippen molar-refractivity contribution in [3.05, 3.63) is 39.4 Å². The molecule has 1 aromatic rings. The molecule has 21 heavy (non-hydrogen) atoms. The van der Waals surface area contributed by atoms with Gasteiger partial charge < -0.3 is 10.2 Å². The summed E-state index contributed by atoms with van der Waals surface area (Å²) < 4.78 is 27.4. The molecule has 114 valence electrons. The van der Waals surface area contributed by atoms with Crippen LogP contribution >= 0.6 is 0 Å². The molecule has 1 unspecified atom stereocenters. The number of halogens is 2. The minimum absolute atomic E-state index is 0.110. The Morgan fingerprint density at radius 1 is 1.52 bits per heavy atom. The topological polar surface area (TPSA) is 75.5 Å². The van der Waals surface area contributed by atoms with Crippen LogP contribution in [-0.2, 0) is 0 Å². The Bertz CT molecular complexity index is 580. The molecular formula is C13H15F2N3O3. The minimum atomic E-state index is -1.45. The van der Waals surface area contributed by atoms with Crippen molar-refractivity contribution in [3.8, 4) is 0 Å². The molecule has 1 aliphatic heterocycles. The van der Waals surface area contributed by atoms with Gasteiger partial charge in [0.15, 0.2) is 0 Å². The van der Waals surface area contributed by atoms with Crippen molar-refractivity contribution >= 4 is 11.6 Å². The number of hydrogen-bond acceptors (Lipinski definition) is 4. The van der Waals surface area contributed by atoms with Crippen molar-refractivity contribution < 1.29 is 18.5 Å². The van der Waals surface area contributed by atoms with Crippen molar-refractivity contribution in [2.75, 3.05) is 20.1 Å². The van der Waals surface area contributed by atoms with Crippen molar-refractivity contribution in [1.82, 2.24) is 10.2 Å². The lowest BCUT2D eigenvalue weighted by molar-refractivity contribution is -0.387. The highest BCUT2D eigenvalue weighted by atomic mass is 19.1. The first-order chi connectivity index (χ1) is 9.91. The molecule has 0 aliphatic carbocycles. The predicted molar refractivity (Wildman–Crippen MR) is 71.0 cm³/mol. The third-order valence-corrected chi connectivity index (χ3v) is 3.66. The molecule has 1 fully saturated rings. The van der Waals surface area contributed by atoms with E-state index < -0.39 is 33.7 Å². The van der Waals surface area contributed by atoms with Gasteiger partial charge >= 0.3 is 5.69 Å². The molecule has 1 saturated heterocycles. The quantitative estimate of drug-likeness (QED) is 0.678. The highest BCUT2D eigenvalue weighted by molar-refractivity contribution is 5.95. The molecule has 1 atom stereocenters. The van der Waals surface area contributed by atoms with Gasteiger partial charge in [-0.15, -0.1) is 0 Å². The highest BCUT2D eigenvalue weighted by Crippen LogP contribution is 2.23. The average Bonchev–Trinajstić information content (AvgIpc) is 2.81. The van der Waals surface area contributed by atoms with Crippen LogP contribution in [0.4, 0.5) is 14.5 Å². The summed E-state index contributed by atoms with van der Waals surface area (Å²) in [5.74, 6) is -3.54. The van der Waals surface area contributed by atoms with Crippen LogP contribution in [0, 0.1) is 21.7 Å². The number of amides is 1. The number of carbonyl (C=O) groups is 1. The number of nitro benzene ring substituents is 1. The van der Waals surface area contributed by atoms with Gasteiger partial charge in [0.1, 0.15) is 11.4 Å².